The molecule has 27 heavy (non-hydrogen) atoms. The molecule has 1 aliphatic heterocycles. The van der Waals surface area contributed by atoms with E-state index in [0.717, 1.165) is 24.8 Å². The number of amides is 1. The Labute approximate surface area is 159 Å². The molecule has 0 spiro atoms. The van der Waals surface area contributed by atoms with Crippen molar-refractivity contribution >= 4 is 21.7 Å². The molecular weight excluding hydrogens is 364 g/mol. The first-order valence-electron chi connectivity index (χ1n) is 9.02. The van der Waals surface area contributed by atoms with Crippen LogP contribution in [0.15, 0.2) is 47.5 Å². The zero-order valence-corrected chi connectivity index (χ0v) is 16.1. The van der Waals surface area contributed by atoms with E-state index in [1.807, 2.05) is 18.2 Å². The third-order valence-corrected chi connectivity index (χ3v) is 6.46. The molecule has 1 fully saturated rings. The number of benzene rings is 1. The maximum Gasteiger partial charge on any atom is 0.251 e. The van der Waals surface area contributed by atoms with Crippen molar-refractivity contribution in [3.63, 3.8) is 0 Å². The summed E-state index contributed by atoms with van der Waals surface area (Å²) in [6.45, 7) is 1.79. The highest BCUT2D eigenvalue weighted by Gasteiger charge is 2.27. The van der Waals surface area contributed by atoms with Crippen molar-refractivity contribution in [2.24, 2.45) is 0 Å². The van der Waals surface area contributed by atoms with Gasteiger partial charge in [0.25, 0.3) is 5.91 Å². The highest BCUT2D eigenvalue weighted by molar-refractivity contribution is 7.89. The van der Waals surface area contributed by atoms with Gasteiger partial charge in [0, 0.05) is 38.4 Å². The fourth-order valence-corrected chi connectivity index (χ4v) is 4.53. The van der Waals surface area contributed by atoms with E-state index in [1.54, 1.807) is 25.2 Å². The number of carbonyl (C=O) groups is 1. The van der Waals surface area contributed by atoms with Crippen molar-refractivity contribution in [3.05, 3.63) is 53.7 Å². The molecule has 2 N–H and O–H groups in total. The van der Waals surface area contributed by atoms with Gasteiger partial charge in [-0.3, -0.25) is 4.79 Å². The monoisotopic (exact) mass is 388 g/mol. The van der Waals surface area contributed by atoms with Gasteiger partial charge in [-0.2, -0.15) is 4.31 Å². The number of nitrogens with one attached hydrogen (secondary N) is 2. The van der Waals surface area contributed by atoms with Crippen molar-refractivity contribution in [2.45, 2.75) is 24.2 Å². The first kappa shape index (κ1) is 19.3. The van der Waals surface area contributed by atoms with Crippen LogP contribution < -0.4 is 10.6 Å². The summed E-state index contributed by atoms with van der Waals surface area (Å²) in [4.78, 5) is 16.1. The molecule has 2 aromatic rings. The highest BCUT2D eigenvalue weighted by atomic mass is 32.2. The Morgan fingerprint density at radius 3 is 2.63 bits per heavy atom. The topological polar surface area (TPSA) is 91.4 Å². The number of pyridine rings is 1. The van der Waals surface area contributed by atoms with Gasteiger partial charge in [0.1, 0.15) is 10.7 Å². The predicted molar refractivity (Wildman–Crippen MR) is 104 cm³/mol. The van der Waals surface area contributed by atoms with E-state index in [2.05, 4.69) is 15.6 Å². The molecule has 0 aliphatic carbocycles. The van der Waals surface area contributed by atoms with Crippen LogP contribution in [-0.2, 0) is 16.4 Å². The Balaban J connectivity index is 1.57. The Hall–Kier alpha value is -2.45. The van der Waals surface area contributed by atoms with Crippen molar-refractivity contribution in [1.29, 1.82) is 0 Å². The van der Waals surface area contributed by atoms with E-state index >= 15 is 0 Å². The molecule has 0 unspecified atom stereocenters. The molecule has 7 nitrogen and oxygen atoms in total. The molecule has 3 rings (SSSR count). The standard InChI is InChI=1S/C19H24N4O3S/c1-20-19(24)16-6-4-5-15(13-16)9-10-21-18-8-7-17(14-22-18)27(25,26)23-11-2-3-12-23/h4-8,13-14H,2-3,9-12H2,1H3,(H,20,24)(H,21,22). The van der Waals surface area contributed by atoms with Gasteiger partial charge in [-0.1, -0.05) is 12.1 Å². The second kappa shape index (κ2) is 8.49. The summed E-state index contributed by atoms with van der Waals surface area (Å²) in [5, 5.41) is 5.79. The van der Waals surface area contributed by atoms with Crippen LogP contribution in [0.5, 0.6) is 0 Å². The first-order valence-corrected chi connectivity index (χ1v) is 10.5. The summed E-state index contributed by atoms with van der Waals surface area (Å²) in [7, 11) is -1.82. The number of rotatable bonds is 7. The number of nitrogens with zero attached hydrogens (tertiary/aromatic N) is 2. The average Bonchev–Trinajstić information content (AvgIpc) is 3.24. The van der Waals surface area contributed by atoms with Gasteiger partial charge in [-0.05, 0) is 49.1 Å². The van der Waals surface area contributed by atoms with Crippen molar-refractivity contribution in [3.8, 4) is 0 Å². The maximum absolute atomic E-state index is 12.5. The van der Waals surface area contributed by atoms with Crippen LogP contribution in [0.4, 0.5) is 5.82 Å². The lowest BCUT2D eigenvalue weighted by Crippen LogP contribution is -2.27. The van der Waals surface area contributed by atoms with Crippen molar-refractivity contribution in [1.82, 2.24) is 14.6 Å². The Morgan fingerprint density at radius 1 is 1.19 bits per heavy atom. The van der Waals surface area contributed by atoms with E-state index in [-0.39, 0.29) is 10.8 Å². The lowest BCUT2D eigenvalue weighted by atomic mass is 10.1. The molecule has 8 heteroatoms. The number of anilines is 1. The normalized spacial score (nSPS) is 14.9. The summed E-state index contributed by atoms with van der Waals surface area (Å²) in [5.74, 6) is 0.513. The third kappa shape index (κ3) is 4.64. The van der Waals surface area contributed by atoms with Crippen LogP contribution in [0.3, 0.4) is 0 Å². The van der Waals surface area contributed by atoms with Crippen LogP contribution in [0.25, 0.3) is 0 Å². The van der Waals surface area contributed by atoms with Crippen LogP contribution in [0.2, 0.25) is 0 Å². The van der Waals surface area contributed by atoms with E-state index in [0.29, 0.717) is 31.0 Å². The average molecular weight is 388 g/mol. The zero-order chi connectivity index (χ0) is 19.3. The Morgan fingerprint density at radius 2 is 1.96 bits per heavy atom. The largest absolute Gasteiger partial charge is 0.370 e. The number of carbonyl (C=O) groups excluding carboxylic acids is 1. The number of hydrogen-bond acceptors (Lipinski definition) is 5. The summed E-state index contributed by atoms with van der Waals surface area (Å²) < 4.78 is 26.5. The van der Waals surface area contributed by atoms with E-state index in [9.17, 15) is 13.2 Å². The Kier molecular flexibility index (Phi) is 6.08. The minimum atomic E-state index is -3.43. The predicted octanol–water partition coefficient (Wildman–Crippen LogP) is 1.88. The highest BCUT2D eigenvalue weighted by Crippen LogP contribution is 2.20. The molecular formula is C19H24N4O3S. The van der Waals surface area contributed by atoms with Crippen LogP contribution in [-0.4, -0.2) is 50.3 Å². The lowest BCUT2D eigenvalue weighted by Gasteiger charge is -2.15. The molecule has 0 atom stereocenters. The second-order valence-corrected chi connectivity index (χ2v) is 8.38. The molecule has 2 heterocycles. The summed E-state index contributed by atoms with van der Waals surface area (Å²) in [5.41, 5.74) is 1.67. The van der Waals surface area contributed by atoms with Gasteiger partial charge in [0.2, 0.25) is 10.0 Å². The summed E-state index contributed by atoms with van der Waals surface area (Å²) in [6, 6.07) is 10.7. The van der Waals surface area contributed by atoms with Gasteiger partial charge in [0.15, 0.2) is 0 Å². The minimum Gasteiger partial charge on any atom is -0.370 e. The number of sulfonamides is 1. The fraction of sp³-hybridized carbons (Fsp3) is 0.368. The molecule has 144 valence electrons. The van der Waals surface area contributed by atoms with Crippen LogP contribution >= 0.6 is 0 Å². The molecule has 0 radical (unpaired) electrons. The van der Waals surface area contributed by atoms with Crippen LogP contribution in [0, 0.1) is 0 Å². The number of hydrogen-bond donors (Lipinski definition) is 2. The second-order valence-electron chi connectivity index (χ2n) is 6.45. The molecule has 1 aromatic carbocycles. The number of aromatic nitrogens is 1. The van der Waals surface area contributed by atoms with Crippen molar-refractivity contribution in [2.75, 3.05) is 32.0 Å². The minimum absolute atomic E-state index is 0.110. The van der Waals surface area contributed by atoms with Gasteiger partial charge >= 0.3 is 0 Å². The fourth-order valence-electron chi connectivity index (χ4n) is 3.06. The molecule has 0 saturated carbocycles. The van der Waals surface area contributed by atoms with E-state index in [1.165, 1.54) is 10.5 Å². The van der Waals surface area contributed by atoms with Gasteiger partial charge in [-0.25, -0.2) is 13.4 Å². The van der Waals surface area contributed by atoms with Gasteiger partial charge in [0.05, 0.1) is 0 Å². The SMILES string of the molecule is CNC(=O)c1cccc(CCNc2ccc(S(=O)(=O)N3CCCC3)cn2)c1. The molecule has 1 amide bonds. The van der Waals surface area contributed by atoms with Crippen molar-refractivity contribution < 1.29 is 13.2 Å². The Bertz CT molecular complexity index is 891. The smallest absolute Gasteiger partial charge is 0.251 e. The molecule has 1 saturated heterocycles. The quantitative estimate of drug-likeness (QED) is 0.756. The maximum atomic E-state index is 12.5. The molecule has 1 aromatic heterocycles. The van der Waals surface area contributed by atoms with Gasteiger partial charge < -0.3 is 10.6 Å². The summed E-state index contributed by atoms with van der Waals surface area (Å²) >= 11 is 0. The lowest BCUT2D eigenvalue weighted by molar-refractivity contribution is 0.0963. The molecule has 1 aliphatic rings. The third-order valence-electron chi connectivity index (χ3n) is 4.58. The van der Waals surface area contributed by atoms with Crippen LogP contribution in [0.1, 0.15) is 28.8 Å². The molecule has 0 bridgehead atoms. The summed E-state index contributed by atoms with van der Waals surface area (Å²) in [6.07, 6.45) is 3.95. The van der Waals surface area contributed by atoms with E-state index < -0.39 is 10.0 Å². The van der Waals surface area contributed by atoms with Gasteiger partial charge in [-0.15, -0.1) is 0 Å². The zero-order valence-electron chi connectivity index (χ0n) is 15.3. The van der Waals surface area contributed by atoms with E-state index in [4.69, 9.17) is 0 Å². The first-order chi connectivity index (χ1) is 13.0.